The third-order valence-corrected chi connectivity index (χ3v) is 7.09. The Labute approximate surface area is 168 Å². The summed E-state index contributed by atoms with van der Waals surface area (Å²) in [6.07, 6.45) is 7.71. The summed E-state index contributed by atoms with van der Waals surface area (Å²) in [6, 6.07) is 4.40. The third-order valence-electron chi connectivity index (χ3n) is 6.23. The Morgan fingerprint density at radius 2 is 2.26 bits per heavy atom. The van der Waals surface area contributed by atoms with Crippen molar-refractivity contribution in [3.8, 4) is 0 Å². The van der Waals surface area contributed by atoms with Crippen LogP contribution >= 0.6 is 11.3 Å². The minimum atomic E-state index is 0.413. The van der Waals surface area contributed by atoms with Crippen molar-refractivity contribution in [2.24, 2.45) is 16.3 Å². The van der Waals surface area contributed by atoms with Gasteiger partial charge in [-0.3, -0.25) is 9.89 Å². The second-order valence-electron chi connectivity index (χ2n) is 8.23. The minimum absolute atomic E-state index is 0.413. The van der Waals surface area contributed by atoms with Gasteiger partial charge in [0.15, 0.2) is 5.96 Å². The Kier molecular flexibility index (Phi) is 7.97. The lowest BCUT2D eigenvalue weighted by molar-refractivity contribution is 0.0732. The standard InChI is InChI=1S/C21H36N4OS/c1-22-20(24-17-21(8-5-9-21)10-12-26-2)23-14-18-6-3-11-25(15-18)16-19-7-4-13-27-19/h4,7,13,18H,3,5-6,8-12,14-17H2,1-2H3,(H2,22,23,24). The van der Waals surface area contributed by atoms with E-state index in [0.717, 1.165) is 38.6 Å². The van der Waals surface area contributed by atoms with Gasteiger partial charge >= 0.3 is 0 Å². The Hall–Kier alpha value is -1.11. The first kappa shape index (κ1) is 20.6. The summed E-state index contributed by atoms with van der Waals surface area (Å²) in [6.45, 7) is 6.37. The van der Waals surface area contributed by atoms with Crippen LogP contribution in [0, 0.1) is 11.3 Å². The SMILES string of the molecule is CN=C(NCC1CCCN(Cc2cccs2)C1)NCC1(CCOC)CCC1. The zero-order valence-electron chi connectivity index (χ0n) is 17.0. The highest BCUT2D eigenvalue weighted by Crippen LogP contribution is 2.43. The maximum atomic E-state index is 5.30. The zero-order valence-corrected chi connectivity index (χ0v) is 17.8. The van der Waals surface area contributed by atoms with Gasteiger partial charge in [0.05, 0.1) is 0 Å². The van der Waals surface area contributed by atoms with Crippen LogP contribution in [0.15, 0.2) is 22.5 Å². The predicted octanol–water partition coefficient (Wildman–Crippen LogP) is 3.33. The molecule has 3 rings (SSSR count). The Morgan fingerprint density at radius 3 is 2.93 bits per heavy atom. The average molecular weight is 393 g/mol. The molecule has 2 fully saturated rings. The van der Waals surface area contributed by atoms with E-state index in [4.69, 9.17) is 4.74 Å². The molecule has 1 aliphatic heterocycles. The molecule has 2 aliphatic rings. The number of nitrogens with zero attached hydrogens (tertiary/aromatic N) is 2. The molecule has 0 amide bonds. The van der Waals surface area contributed by atoms with Crippen molar-refractivity contribution in [1.29, 1.82) is 0 Å². The molecule has 152 valence electrons. The maximum Gasteiger partial charge on any atom is 0.191 e. The van der Waals surface area contributed by atoms with E-state index < -0.39 is 0 Å². The van der Waals surface area contributed by atoms with Gasteiger partial charge < -0.3 is 15.4 Å². The van der Waals surface area contributed by atoms with Gasteiger partial charge in [-0.15, -0.1) is 11.3 Å². The van der Waals surface area contributed by atoms with Gasteiger partial charge in [0.1, 0.15) is 0 Å². The summed E-state index contributed by atoms with van der Waals surface area (Å²) in [4.78, 5) is 8.52. The molecule has 27 heavy (non-hydrogen) atoms. The molecule has 2 heterocycles. The monoisotopic (exact) mass is 392 g/mol. The summed E-state index contributed by atoms with van der Waals surface area (Å²) in [5, 5.41) is 9.33. The fourth-order valence-electron chi connectivity index (χ4n) is 4.33. The fraction of sp³-hybridized carbons (Fsp3) is 0.762. The van der Waals surface area contributed by atoms with E-state index in [1.54, 1.807) is 7.11 Å². The quantitative estimate of drug-likeness (QED) is 0.500. The van der Waals surface area contributed by atoms with Crippen LogP contribution in [0.1, 0.15) is 43.4 Å². The number of piperidine rings is 1. The molecule has 1 saturated heterocycles. The second kappa shape index (κ2) is 10.4. The number of thiophene rings is 1. The van der Waals surface area contributed by atoms with E-state index in [2.05, 4.69) is 38.0 Å². The molecule has 1 aliphatic carbocycles. The van der Waals surface area contributed by atoms with Crippen LogP contribution in [0.4, 0.5) is 0 Å². The van der Waals surface area contributed by atoms with E-state index in [0.29, 0.717) is 11.3 Å². The van der Waals surface area contributed by atoms with E-state index in [9.17, 15) is 0 Å². The van der Waals surface area contributed by atoms with Gasteiger partial charge in [-0.1, -0.05) is 12.5 Å². The zero-order chi connectivity index (χ0) is 19.0. The number of guanidine groups is 1. The van der Waals surface area contributed by atoms with E-state index >= 15 is 0 Å². The number of hydrogen-bond donors (Lipinski definition) is 2. The number of likely N-dealkylation sites (tertiary alicyclic amines) is 1. The predicted molar refractivity (Wildman–Crippen MR) is 114 cm³/mol. The maximum absolute atomic E-state index is 5.30. The molecule has 1 unspecified atom stereocenters. The number of methoxy groups -OCH3 is 1. The molecular weight excluding hydrogens is 356 g/mol. The van der Waals surface area contributed by atoms with Crippen LogP contribution in [0.3, 0.4) is 0 Å². The van der Waals surface area contributed by atoms with Gasteiger partial charge in [0, 0.05) is 51.8 Å². The summed E-state index contributed by atoms with van der Waals surface area (Å²) in [5.74, 6) is 1.65. The largest absolute Gasteiger partial charge is 0.385 e. The van der Waals surface area contributed by atoms with Gasteiger partial charge in [0.2, 0.25) is 0 Å². The minimum Gasteiger partial charge on any atom is -0.385 e. The normalized spacial score (nSPS) is 23.0. The van der Waals surface area contributed by atoms with Crippen molar-refractivity contribution in [2.75, 3.05) is 46.9 Å². The number of rotatable bonds is 9. The van der Waals surface area contributed by atoms with Crippen molar-refractivity contribution >= 4 is 17.3 Å². The number of hydrogen-bond acceptors (Lipinski definition) is 4. The first-order chi connectivity index (χ1) is 13.2. The van der Waals surface area contributed by atoms with Crippen LogP contribution in [0.5, 0.6) is 0 Å². The first-order valence-corrected chi connectivity index (χ1v) is 11.3. The molecule has 2 N–H and O–H groups in total. The Bertz CT molecular complexity index is 571. The lowest BCUT2D eigenvalue weighted by Crippen LogP contribution is -2.48. The van der Waals surface area contributed by atoms with Crippen LogP contribution in [0.2, 0.25) is 0 Å². The van der Waals surface area contributed by atoms with E-state index in [1.807, 2.05) is 18.4 Å². The molecule has 1 saturated carbocycles. The number of ether oxygens (including phenoxy) is 1. The van der Waals surface area contributed by atoms with E-state index in [-0.39, 0.29) is 0 Å². The Morgan fingerprint density at radius 1 is 1.37 bits per heavy atom. The summed E-state index contributed by atoms with van der Waals surface area (Å²) in [5.41, 5.74) is 0.413. The summed E-state index contributed by atoms with van der Waals surface area (Å²) < 4.78 is 5.30. The van der Waals surface area contributed by atoms with Crippen LogP contribution < -0.4 is 10.6 Å². The molecule has 0 radical (unpaired) electrons. The molecule has 0 aromatic carbocycles. The molecule has 0 spiro atoms. The van der Waals surface area contributed by atoms with Crippen LogP contribution in [0.25, 0.3) is 0 Å². The molecule has 1 atom stereocenters. The van der Waals surface area contributed by atoms with Gasteiger partial charge in [-0.05, 0) is 61.4 Å². The van der Waals surface area contributed by atoms with Gasteiger partial charge in [0.25, 0.3) is 0 Å². The fourth-order valence-corrected chi connectivity index (χ4v) is 5.07. The molecule has 0 bridgehead atoms. The highest BCUT2D eigenvalue weighted by Gasteiger charge is 2.36. The smallest absolute Gasteiger partial charge is 0.191 e. The highest BCUT2D eigenvalue weighted by atomic mass is 32.1. The van der Waals surface area contributed by atoms with Crippen molar-refractivity contribution in [3.63, 3.8) is 0 Å². The molecular formula is C21H36N4OS. The topological polar surface area (TPSA) is 48.9 Å². The Balaban J connectivity index is 1.39. The van der Waals surface area contributed by atoms with Crippen molar-refractivity contribution in [3.05, 3.63) is 22.4 Å². The molecule has 5 nitrogen and oxygen atoms in total. The molecule has 1 aromatic rings. The van der Waals surface area contributed by atoms with Crippen LogP contribution in [-0.2, 0) is 11.3 Å². The van der Waals surface area contributed by atoms with Crippen LogP contribution in [-0.4, -0.2) is 57.8 Å². The van der Waals surface area contributed by atoms with Crippen molar-refractivity contribution in [1.82, 2.24) is 15.5 Å². The number of aliphatic imine (C=N–C) groups is 1. The average Bonchev–Trinajstić information content (AvgIpc) is 3.16. The molecule has 1 aromatic heterocycles. The lowest BCUT2D eigenvalue weighted by atomic mass is 9.67. The second-order valence-corrected chi connectivity index (χ2v) is 9.26. The van der Waals surface area contributed by atoms with Gasteiger partial charge in [-0.25, -0.2) is 0 Å². The summed E-state index contributed by atoms with van der Waals surface area (Å²) >= 11 is 1.87. The van der Waals surface area contributed by atoms with Gasteiger partial charge in [-0.2, -0.15) is 0 Å². The van der Waals surface area contributed by atoms with E-state index in [1.165, 1.54) is 50.1 Å². The third kappa shape index (κ3) is 6.19. The lowest BCUT2D eigenvalue weighted by Gasteiger charge is -2.42. The number of nitrogens with one attached hydrogen (secondary N) is 2. The summed E-state index contributed by atoms with van der Waals surface area (Å²) in [7, 11) is 3.67. The highest BCUT2D eigenvalue weighted by molar-refractivity contribution is 7.09. The van der Waals surface area contributed by atoms with Crippen molar-refractivity contribution < 1.29 is 4.74 Å². The van der Waals surface area contributed by atoms with Crippen molar-refractivity contribution in [2.45, 2.75) is 45.1 Å². The molecule has 6 heteroatoms. The first-order valence-electron chi connectivity index (χ1n) is 10.4.